The minimum atomic E-state index is -1.75. The summed E-state index contributed by atoms with van der Waals surface area (Å²) in [7, 11) is 0. The number of hydrogen-bond donors (Lipinski definition) is 9. The number of nitrogens with one attached hydrogen (secondary N) is 3. The molecule has 33 heavy (non-hydrogen) atoms. The van der Waals surface area contributed by atoms with E-state index in [9.17, 15) is 33.6 Å². The summed E-state index contributed by atoms with van der Waals surface area (Å²) in [5.41, 5.74) is 10.5. The maximum absolute atomic E-state index is 12.6. The van der Waals surface area contributed by atoms with E-state index in [0.29, 0.717) is 0 Å². The van der Waals surface area contributed by atoms with Gasteiger partial charge in [0.05, 0.1) is 19.1 Å². The summed E-state index contributed by atoms with van der Waals surface area (Å²) in [6.45, 7) is -0.998. The van der Waals surface area contributed by atoms with Crippen LogP contribution in [0.3, 0.4) is 0 Å². The quantitative estimate of drug-likeness (QED) is 0.101. The van der Waals surface area contributed by atoms with Gasteiger partial charge in [0.1, 0.15) is 18.1 Å². The molecule has 0 fully saturated rings. The van der Waals surface area contributed by atoms with Gasteiger partial charge in [-0.15, -0.1) is 0 Å². The lowest BCUT2D eigenvalue weighted by atomic mass is 10.1. The highest BCUT2D eigenvalue weighted by atomic mass is 16.4. The molecular formula is C17H27N5O11. The molecule has 0 aliphatic heterocycles. The Hall–Kier alpha value is -3.79. The van der Waals surface area contributed by atoms with Crippen molar-refractivity contribution in [1.82, 2.24) is 16.0 Å². The highest BCUT2D eigenvalue weighted by molar-refractivity contribution is 5.95. The van der Waals surface area contributed by atoms with Gasteiger partial charge in [0.2, 0.25) is 23.6 Å². The summed E-state index contributed by atoms with van der Waals surface area (Å²) in [5.74, 6) is -8.56. The molecule has 0 bridgehead atoms. The number of carboxylic acid groups (broad SMARTS) is 3. The minimum Gasteiger partial charge on any atom is -0.481 e. The molecule has 0 aromatic heterocycles. The van der Waals surface area contributed by atoms with Gasteiger partial charge in [0.25, 0.3) is 0 Å². The lowest BCUT2D eigenvalue weighted by Gasteiger charge is -2.24. The molecule has 4 unspecified atom stereocenters. The van der Waals surface area contributed by atoms with Crippen molar-refractivity contribution in [2.24, 2.45) is 11.5 Å². The number of aliphatic hydroxyl groups excluding tert-OH is 1. The van der Waals surface area contributed by atoms with Gasteiger partial charge in [-0.05, 0) is 12.8 Å². The number of primary amides is 1. The van der Waals surface area contributed by atoms with Crippen LogP contribution in [0.5, 0.6) is 0 Å². The second kappa shape index (κ2) is 14.3. The average Bonchev–Trinajstić information content (AvgIpc) is 2.71. The van der Waals surface area contributed by atoms with Crippen LogP contribution in [0.2, 0.25) is 0 Å². The van der Waals surface area contributed by atoms with E-state index in [1.165, 1.54) is 0 Å². The lowest BCUT2D eigenvalue weighted by molar-refractivity contribution is -0.144. The molecule has 4 atom stereocenters. The molecule has 0 radical (unpaired) electrons. The number of carbonyl (C=O) groups excluding carboxylic acids is 4. The van der Waals surface area contributed by atoms with Crippen molar-refractivity contribution in [3.63, 3.8) is 0 Å². The fraction of sp³-hybridized carbons (Fsp3) is 0.588. The summed E-state index contributed by atoms with van der Waals surface area (Å²) < 4.78 is 0. The van der Waals surface area contributed by atoms with Crippen molar-refractivity contribution in [2.75, 3.05) is 6.61 Å². The van der Waals surface area contributed by atoms with Crippen molar-refractivity contribution in [2.45, 2.75) is 56.3 Å². The zero-order valence-electron chi connectivity index (χ0n) is 17.4. The van der Waals surface area contributed by atoms with Crippen LogP contribution < -0.4 is 27.4 Å². The fourth-order valence-corrected chi connectivity index (χ4v) is 2.36. The minimum absolute atomic E-state index is 0.191. The van der Waals surface area contributed by atoms with Gasteiger partial charge in [-0.2, -0.15) is 0 Å². The molecule has 0 spiro atoms. The van der Waals surface area contributed by atoms with E-state index in [1.54, 1.807) is 0 Å². The third kappa shape index (κ3) is 12.0. The molecule has 0 saturated carbocycles. The standard InChI is InChI=1S/C17H27N5O11/c18-7(1-3-11(19)24)14(29)21-9(5-13(27)28)16(31)20-8(2-4-12(25)26)15(30)22-10(6-23)17(32)33/h7-10,23H,1-6,18H2,(H2,19,24)(H,20,31)(H,21,29)(H,22,30)(H,25,26)(H,27,28)(H,32,33). The van der Waals surface area contributed by atoms with Crippen molar-refractivity contribution in [1.29, 1.82) is 0 Å². The number of aliphatic hydroxyl groups is 1. The third-order valence-electron chi connectivity index (χ3n) is 4.13. The fourth-order valence-electron chi connectivity index (χ4n) is 2.36. The van der Waals surface area contributed by atoms with Crippen molar-refractivity contribution in [3.05, 3.63) is 0 Å². The van der Waals surface area contributed by atoms with Crippen LogP contribution in [0.4, 0.5) is 0 Å². The van der Waals surface area contributed by atoms with Gasteiger partial charge >= 0.3 is 17.9 Å². The van der Waals surface area contributed by atoms with Crippen LogP contribution in [0.25, 0.3) is 0 Å². The number of carboxylic acids is 3. The van der Waals surface area contributed by atoms with E-state index in [2.05, 4.69) is 10.6 Å². The topological polar surface area (TPSA) is 289 Å². The molecule has 0 saturated heterocycles. The Morgan fingerprint density at radius 2 is 1.21 bits per heavy atom. The number of hydrogen-bond acceptors (Lipinski definition) is 9. The molecule has 0 heterocycles. The average molecular weight is 477 g/mol. The largest absolute Gasteiger partial charge is 0.481 e. The van der Waals surface area contributed by atoms with E-state index >= 15 is 0 Å². The molecule has 0 aromatic rings. The van der Waals surface area contributed by atoms with Gasteiger partial charge in [-0.3, -0.25) is 28.8 Å². The molecular weight excluding hydrogens is 450 g/mol. The summed E-state index contributed by atoms with van der Waals surface area (Å²) >= 11 is 0. The number of nitrogens with two attached hydrogens (primary N) is 2. The van der Waals surface area contributed by atoms with Crippen molar-refractivity contribution >= 4 is 41.5 Å². The first-order chi connectivity index (χ1) is 15.3. The Labute approximate surface area is 186 Å². The predicted octanol–water partition coefficient (Wildman–Crippen LogP) is -4.55. The molecule has 11 N–H and O–H groups in total. The number of carbonyl (C=O) groups is 7. The summed E-state index contributed by atoms with van der Waals surface area (Å²) in [4.78, 5) is 80.7. The van der Waals surface area contributed by atoms with E-state index < -0.39 is 91.6 Å². The Morgan fingerprint density at radius 3 is 1.67 bits per heavy atom. The number of rotatable bonds is 16. The molecule has 0 aliphatic carbocycles. The zero-order chi connectivity index (χ0) is 25.7. The first kappa shape index (κ1) is 29.2. The monoisotopic (exact) mass is 477 g/mol. The summed E-state index contributed by atoms with van der Waals surface area (Å²) in [6, 6.07) is -6.45. The smallest absolute Gasteiger partial charge is 0.328 e. The predicted molar refractivity (Wildman–Crippen MR) is 106 cm³/mol. The molecule has 0 aromatic carbocycles. The highest BCUT2D eigenvalue weighted by Gasteiger charge is 2.31. The van der Waals surface area contributed by atoms with Crippen molar-refractivity contribution < 1.29 is 54.0 Å². The Morgan fingerprint density at radius 1 is 0.697 bits per heavy atom. The summed E-state index contributed by atoms with van der Waals surface area (Å²) in [6.07, 6.45) is -2.54. The molecule has 16 nitrogen and oxygen atoms in total. The third-order valence-corrected chi connectivity index (χ3v) is 4.13. The molecule has 186 valence electrons. The van der Waals surface area contributed by atoms with Crippen molar-refractivity contribution in [3.8, 4) is 0 Å². The molecule has 4 amide bonds. The zero-order valence-corrected chi connectivity index (χ0v) is 17.4. The number of aliphatic carboxylic acids is 3. The second-order valence-corrected chi connectivity index (χ2v) is 6.85. The first-order valence-corrected chi connectivity index (χ1v) is 9.50. The van der Waals surface area contributed by atoms with E-state index in [-0.39, 0.29) is 12.8 Å². The maximum Gasteiger partial charge on any atom is 0.328 e. The molecule has 0 aliphatic rings. The normalized spacial score (nSPS) is 14.1. The van der Waals surface area contributed by atoms with Crippen LogP contribution in [0.1, 0.15) is 32.1 Å². The Bertz CT molecular complexity index is 772. The van der Waals surface area contributed by atoms with Gasteiger partial charge < -0.3 is 47.8 Å². The van der Waals surface area contributed by atoms with Gasteiger partial charge in [0.15, 0.2) is 0 Å². The van der Waals surface area contributed by atoms with Crippen LogP contribution in [0.15, 0.2) is 0 Å². The number of amides is 4. The van der Waals surface area contributed by atoms with E-state index in [4.69, 9.17) is 31.9 Å². The van der Waals surface area contributed by atoms with E-state index in [0.717, 1.165) is 0 Å². The van der Waals surface area contributed by atoms with Crippen LogP contribution >= 0.6 is 0 Å². The SMILES string of the molecule is NC(=O)CCC(N)C(=O)NC(CC(=O)O)C(=O)NC(CCC(=O)O)C(=O)NC(CO)C(=O)O. The highest BCUT2D eigenvalue weighted by Crippen LogP contribution is 2.03. The van der Waals surface area contributed by atoms with Crippen LogP contribution in [-0.2, 0) is 33.6 Å². The molecule has 0 rings (SSSR count). The summed E-state index contributed by atoms with van der Waals surface area (Å²) in [5, 5.41) is 41.8. The van der Waals surface area contributed by atoms with Gasteiger partial charge in [-0.1, -0.05) is 0 Å². The first-order valence-electron chi connectivity index (χ1n) is 9.50. The second-order valence-electron chi connectivity index (χ2n) is 6.85. The lowest BCUT2D eigenvalue weighted by Crippen LogP contribution is -2.57. The van der Waals surface area contributed by atoms with Crippen LogP contribution in [-0.4, -0.2) is 92.7 Å². The van der Waals surface area contributed by atoms with Gasteiger partial charge in [0, 0.05) is 12.8 Å². The van der Waals surface area contributed by atoms with Gasteiger partial charge in [-0.25, -0.2) is 4.79 Å². The molecule has 16 heteroatoms. The maximum atomic E-state index is 12.6. The van der Waals surface area contributed by atoms with Crippen LogP contribution in [0, 0.1) is 0 Å². The Kier molecular flexibility index (Phi) is 12.7. The van der Waals surface area contributed by atoms with E-state index in [1.807, 2.05) is 5.32 Å². The Balaban J connectivity index is 5.47.